The van der Waals surface area contributed by atoms with Gasteiger partial charge in [0.2, 0.25) is 5.91 Å². The molecule has 0 bridgehead atoms. The number of carbonyl (C=O) groups is 1. The molecule has 17 heavy (non-hydrogen) atoms. The summed E-state index contributed by atoms with van der Waals surface area (Å²) in [5.74, 6) is 5.92. The monoisotopic (exact) mass is 233 g/mol. The van der Waals surface area contributed by atoms with Crippen LogP contribution in [0.4, 0.5) is 0 Å². The molecule has 2 N–H and O–H groups in total. The van der Waals surface area contributed by atoms with Crippen molar-refractivity contribution in [2.45, 2.75) is 19.8 Å². The van der Waals surface area contributed by atoms with Gasteiger partial charge < -0.3 is 4.42 Å². The summed E-state index contributed by atoms with van der Waals surface area (Å²) in [5.41, 5.74) is 2.66. The van der Waals surface area contributed by atoms with Gasteiger partial charge in [0.15, 0.2) is 11.5 Å². The molecular formula is C12H15N3O2. The SMILES string of the molecule is Cc1nc2cc(CCC(=O)N(C)N)ccc2o1. The van der Waals surface area contributed by atoms with Gasteiger partial charge in [0, 0.05) is 20.4 Å². The maximum absolute atomic E-state index is 11.4. The molecule has 1 heterocycles. The molecule has 0 fully saturated rings. The molecule has 1 aromatic heterocycles. The molecule has 0 atom stereocenters. The summed E-state index contributed by atoms with van der Waals surface area (Å²) in [5, 5.41) is 1.11. The average Bonchev–Trinajstić information content (AvgIpc) is 2.64. The quantitative estimate of drug-likeness (QED) is 0.494. The van der Waals surface area contributed by atoms with E-state index in [1.165, 1.54) is 0 Å². The van der Waals surface area contributed by atoms with Crippen molar-refractivity contribution >= 4 is 17.0 Å². The molecule has 1 amide bonds. The molecule has 0 aliphatic rings. The van der Waals surface area contributed by atoms with Gasteiger partial charge in [-0.15, -0.1) is 0 Å². The second-order valence-electron chi connectivity index (χ2n) is 4.04. The molecule has 0 saturated heterocycles. The molecule has 0 radical (unpaired) electrons. The Kier molecular flexibility index (Phi) is 3.10. The molecule has 2 aromatic rings. The third-order valence-corrected chi connectivity index (χ3v) is 2.58. The maximum atomic E-state index is 11.4. The van der Waals surface area contributed by atoms with E-state index in [2.05, 4.69) is 4.98 Å². The number of hydrogen-bond acceptors (Lipinski definition) is 4. The molecule has 1 aromatic carbocycles. The van der Waals surface area contributed by atoms with Crippen molar-refractivity contribution in [3.63, 3.8) is 0 Å². The standard InChI is InChI=1S/C12H15N3O2/c1-8-14-10-7-9(3-5-11(10)17-8)4-6-12(16)15(2)13/h3,5,7H,4,6,13H2,1-2H3. The van der Waals surface area contributed by atoms with Crippen molar-refractivity contribution in [1.29, 1.82) is 0 Å². The van der Waals surface area contributed by atoms with Gasteiger partial charge in [-0.2, -0.15) is 0 Å². The Morgan fingerprint density at radius 3 is 3.00 bits per heavy atom. The van der Waals surface area contributed by atoms with Crippen LogP contribution in [0.1, 0.15) is 17.9 Å². The summed E-state index contributed by atoms with van der Waals surface area (Å²) in [6.07, 6.45) is 1.05. The minimum absolute atomic E-state index is 0.0820. The van der Waals surface area contributed by atoms with E-state index >= 15 is 0 Å². The second-order valence-corrected chi connectivity index (χ2v) is 4.04. The van der Waals surface area contributed by atoms with Gasteiger partial charge in [-0.1, -0.05) is 6.07 Å². The Morgan fingerprint density at radius 2 is 2.29 bits per heavy atom. The molecule has 0 spiro atoms. The topological polar surface area (TPSA) is 72.4 Å². The highest BCUT2D eigenvalue weighted by molar-refractivity contribution is 5.76. The van der Waals surface area contributed by atoms with Crippen molar-refractivity contribution in [1.82, 2.24) is 9.99 Å². The third-order valence-electron chi connectivity index (χ3n) is 2.58. The summed E-state index contributed by atoms with van der Waals surface area (Å²) in [7, 11) is 1.55. The highest BCUT2D eigenvalue weighted by Crippen LogP contribution is 2.17. The highest BCUT2D eigenvalue weighted by Gasteiger charge is 2.07. The van der Waals surface area contributed by atoms with Crippen LogP contribution in [0.25, 0.3) is 11.1 Å². The van der Waals surface area contributed by atoms with Crippen LogP contribution >= 0.6 is 0 Å². The van der Waals surface area contributed by atoms with Crippen molar-refractivity contribution in [2.24, 2.45) is 5.84 Å². The number of aryl methyl sites for hydroxylation is 2. The minimum Gasteiger partial charge on any atom is -0.441 e. The number of benzene rings is 1. The number of carbonyl (C=O) groups excluding carboxylic acids is 1. The molecule has 0 unspecified atom stereocenters. The van der Waals surface area contributed by atoms with Crippen LogP contribution in [0.2, 0.25) is 0 Å². The average molecular weight is 233 g/mol. The minimum atomic E-state index is -0.0820. The number of aromatic nitrogens is 1. The van der Waals surface area contributed by atoms with Crippen molar-refractivity contribution in [3.05, 3.63) is 29.7 Å². The lowest BCUT2D eigenvalue weighted by Gasteiger charge is -2.09. The lowest BCUT2D eigenvalue weighted by Crippen LogP contribution is -2.33. The molecule has 0 aliphatic carbocycles. The summed E-state index contributed by atoms with van der Waals surface area (Å²) >= 11 is 0. The van der Waals surface area contributed by atoms with E-state index in [4.69, 9.17) is 10.3 Å². The summed E-state index contributed by atoms with van der Waals surface area (Å²) in [4.78, 5) is 15.6. The molecule has 0 saturated carbocycles. The summed E-state index contributed by atoms with van der Waals surface area (Å²) < 4.78 is 5.38. The van der Waals surface area contributed by atoms with E-state index in [0.29, 0.717) is 18.7 Å². The van der Waals surface area contributed by atoms with Gasteiger partial charge in [-0.3, -0.25) is 9.80 Å². The van der Waals surface area contributed by atoms with E-state index in [1.807, 2.05) is 25.1 Å². The van der Waals surface area contributed by atoms with Crippen LogP contribution in [0.15, 0.2) is 22.6 Å². The van der Waals surface area contributed by atoms with Gasteiger partial charge in [0.25, 0.3) is 0 Å². The second kappa shape index (κ2) is 4.55. The molecule has 90 valence electrons. The first kappa shape index (κ1) is 11.6. The van der Waals surface area contributed by atoms with Crippen molar-refractivity contribution in [2.75, 3.05) is 7.05 Å². The first-order chi connectivity index (χ1) is 8.06. The zero-order valence-corrected chi connectivity index (χ0v) is 9.93. The third kappa shape index (κ3) is 2.62. The van der Waals surface area contributed by atoms with Crippen LogP contribution in [0, 0.1) is 6.92 Å². The Bertz CT molecular complexity index is 546. The number of fused-ring (bicyclic) bond motifs is 1. The number of nitrogens with zero attached hydrogens (tertiary/aromatic N) is 2. The number of hydrogen-bond donors (Lipinski definition) is 1. The van der Waals surface area contributed by atoms with Crippen LogP contribution < -0.4 is 5.84 Å². The Labute approximate surface area is 99.2 Å². The van der Waals surface area contributed by atoms with E-state index < -0.39 is 0 Å². The van der Waals surface area contributed by atoms with Crippen LogP contribution in [0.3, 0.4) is 0 Å². The number of oxazole rings is 1. The van der Waals surface area contributed by atoms with E-state index in [-0.39, 0.29) is 5.91 Å². The zero-order chi connectivity index (χ0) is 12.4. The zero-order valence-electron chi connectivity index (χ0n) is 9.93. The van der Waals surface area contributed by atoms with Crippen LogP contribution in [0.5, 0.6) is 0 Å². The van der Waals surface area contributed by atoms with Gasteiger partial charge in [-0.25, -0.2) is 10.8 Å². The number of hydrazine groups is 1. The fourth-order valence-corrected chi connectivity index (χ4v) is 1.67. The molecule has 0 aliphatic heterocycles. The van der Waals surface area contributed by atoms with E-state index in [1.54, 1.807) is 7.05 Å². The fraction of sp³-hybridized carbons (Fsp3) is 0.333. The number of rotatable bonds is 3. The van der Waals surface area contributed by atoms with Crippen molar-refractivity contribution < 1.29 is 9.21 Å². The molecule has 5 nitrogen and oxygen atoms in total. The van der Waals surface area contributed by atoms with Gasteiger partial charge in [-0.05, 0) is 24.1 Å². The lowest BCUT2D eigenvalue weighted by molar-refractivity contribution is -0.130. The maximum Gasteiger partial charge on any atom is 0.236 e. The van der Waals surface area contributed by atoms with Crippen LogP contribution in [-0.4, -0.2) is 22.9 Å². The smallest absolute Gasteiger partial charge is 0.236 e. The van der Waals surface area contributed by atoms with E-state index in [0.717, 1.165) is 21.7 Å². The van der Waals surface area contributed by atoms with Crippen molar-refractivity contribution in [3.8, 4) is 0 Å². The van der Waals surface area contributed by atoms with Gasteiger partial charge >= 0.3 is 0 Å². The molecule has 5 heteroatoms. The fourth-order valence-electron chi connectivity index (χ4n) is 1.67. The summed E-state index contributed by atoms with van der Waals surface area (Å²) in [6.45, 7) is 1.81. The largest absolute Gasteiger partial charge is 0.441 e. The van der Waals surface area contributed by atoms with Crippen LogP contribution in [-0.2, 0) is 11.2 Å². The predicted molar refractivity (Wildman–Crippen MR) is 64.0 cm³/mol. The molecular weight excluding hydrogens is 218 g/mol. The lowest BCUT2D eigenvalue weighted by atomic mass is 10.1. The highest BCUT2D eigenvalue weighted by atomic mass is 16.3. The number of nitrogens with two attached hydrogens (primary N) is 1. The normalized spacial score (nSPS) is 10.8. The predicted octanol–water partition coefficient (Wildman–Crippen LogP) is 1.40. The Morgan fingerprint density at radius 1 is 1.53 bits per heavy atom. The Hall–Kier alpha value is -1.88. The van der Waals surface area contributed by atoms with Gasteiger partial charge in [0.1, 0.15) is 5.52 Å². The summed E-state index contributed by atoms with van der Waals surface area (Å²) in [6, 6.07) is 5.76. The first-order valence-electron chi connectivity index (χ1n) is 5.43. The van der Waals surface area contributed by atoms with Gasteiger partial charge in [0.05, 0.1) is 0 Å². The molecule has 2 rings (SSSR count). The Balaban J connectivity index is 2.11. The first-order valence-corrected chi connectivity index (χ1v) is 5.43. The number of amides is 1. The van der Waals surface area contributed by atoms with E-state index in [9.17, 15) is 4.79 Å².